The number of aliphatic hydroxyl groups is 1. The standard InChI is InChI=1S/C30H58N2O6.C2H6.CH4O/c1-2-18-29(34)31-20-23-36-25-27-38-28-26-37-24-21-32-30(35)19-16-14-12-10-8-6-4-3-5-7-9-11-13-15-17-22-33;2*1-2/h22H,2-21,23-28H2,1H3,(H,31,34)(H,32,35);1-2H3;2H,1H3. The summed E-state index contributed by atoms with van der Waals surface area (Å²) in [5.41, 5.74) is 0. The summed E-state index contributed by atoms with van der Waals surface area (Å²) < 4.78 is 16.3. The third-order valence-electron chi connectivity index (χ3n) is 6.33. The van der Waals surface area contributed by atoms with Crippen LogP contribution in [0, 0.1) is 0 Å². The van der Waals surface area contributed by atoms with Crippen molar-refractivity contribution in [3.05, 3.63) is 0 Å². The summed E-state index contributed by atoms with van der Waals surface area (Å²) in [6, 6.07) is 0. The molecule has 0 aliphatic carbocycles. The number of carbonyl (C=O) groups excluding carboxylic acids is 3. The lowest BCUT2D eigenvalue weighted by Gasteiger charge is -2.08. The Bertz CT molecular complexity index is 537. The quantitative estimate of drug-likeness (QED) is 0.0641. The number of rotatable bonds is 31. The van der Waals surface area contributed by atoms with E-state index in [-0.39, 0.29) is 11.8 Å². The third kappa shape index (κ3) is 42.9. The van der Waals surface area contributed by atoms with Crippen LogP contribution in [0.5, 0.6) is 0 Å². The molecule has 0 aliphatic rings. The summed E-state index contributed by atoms with van der Waals surface area (Å²) in [6.45, 7) is 9.99. The largest absolute Gasteiger partial charge is 0.400 e. The van der Waals surface area contributed by atoms with Gasteiger partial charge in [-0.2, -0.15) is 0 Å². The number of aliphatic hydroxyl groups excluding tert-OH is 1. The van der Waals surface area contributed by atoms with Crippen molar-refractivity contribution in [2.75, 3.05) is 59.8 Å². The van der Waals surface area contributed by atoms with E-state index in [1.54, 1.807) is 0 Å². The molecule has 42 heavy (non-hydrogen) atoms. The average molecular weight is 605 g/mol. The number of hydrogen-bond donors (Lipinski definition) is 3. The van der Waals surface area contributed by atoms with E-state index >= 15 is 0 Å². The molecule has 3 N–H and O–H groups in total. The van der Waals surface area contributed by atoms with Gasteiger partial charge in [0, 0.05) is 39.5 Å². The lowest BCUT2D eigenvalue weighted by Crippen LogP contribution is -2.27. The molecule has 0 bridgehead atoms. The number of aldehydes is 1. The molecule has 0 fully saturated rings. The van der Waals surface area contributed by atoms with E-state index in [0.717, 1.165) is 45.5 Å². The van der Waals surface area contributed by atoms with Crippen molar-refractivity contribution in [2.24, 2.45) is 0 Å². The minimum atomic E-state index is 0.0652. The van der Waals surface area contributed by atoms with Gasteiger partial charge in [0.2, 0.25) is 11.8 Å². The maximum atomic E-state index is 11.9. The van der Waals surface area contributed by atoms with Crippen LogP contribution in [0.4, 0.5) is 0 Å². The van der Waals surface area contributed by atoms with Crippen LogP contribution in [0.3, 0.4) is 0 Å². The molecule has 0 unspecified atom stereocenters. The summed E-state index contributed by atoms with van der Waals surface area (Å²) in [6.07, 6.45) is 21.2. The molecule has 0 rings (SSSR count). The Balaban J connectivity index is -0.00000363. The highest BCUT2D eigenvalue weighted by Crippen LogP contribution is 2.13. The molecule has 0 radical (unpaired) electrons. The zero-order valence-corrected chi connectivity index (χ0v) is 27.9. The predicted molar refractivity (Wildman–Crippen MR) is 173 cm³/mol. The van der Waals surface area contributed by atoms with Crippen LogP contribution < -0.4 is 10.6 Å². The zero-order valence-electron chi connectivity index (χ0n) is 27.9. The van der Waals surface area contributed by atoms with Crippen LogP contribution in [-0.4, -0.2) is 83.0 Å². The lowest BCUT2D eigenvalue weighted by molar-refractivity contribution is -0.122. The van der Waals surface area contributed by atoms with E-state index in [1.807, 2.05) is 20.8 Å². The second kappa shape index (κ2) is 43.9. The van der Waals surface area contributed by atoms with Gasteiger partial charge in [-0.25, -0.2) is 0 Å². The smallest absolute Gasteiger partial charge is 0.220 e. The Hall–Kier alpha value is -1.55. The average Bonchev–Trinajstić information content (AvgIpc) is 3.01. The summed E-state index contributed by atoms with van der Waals surface area (Å²) in [5, 5.41) is 12.7. The summed E-state index contributed by atoms with van der Waals surface area (Å²) >= 11 is 0. The van der Waals surface area contributed by atoms with Gasteiger partial charge in [0.25, 0.3) is 0 Å². The van der Waals surface area contributed by atoms with Gasteiger partial charge in [-0.05, 0) is 19.3 Å². The maximum Gasteiger partial charge on any atom is 0.220 e. The molecule has 9 heteroatoms. The van der Waals surface area contributed by atoms with Gasteiger partial charge < -0.3 is 34.7 Å². The van der Waals surface area contributed by atoms with Crippen LogP contribution in [0.15, 0.2) is 0 Å². The van der Waals surface area contributed by atoms with E-state index in [0.29, 0.717) is 65.6 Å². The molecule has 0 aromatic rings. The highest BCUT2D eigenvalue weighted by Gasteiger charge is 2.01. The molecule has 0 aromatic carbocycles. The minimum Gasteiger partial charge on any atom is -0.400 e. The zero-order chi connectivity index (χ0) is 31.8. The van der Waals surface area contributed by atoms with Gasteiger partial charge >= 0.3 is 0 Å². The molecular weight excluding hydrogens is 536 g/mol. The fourth-order valence-corrected chi connectivity index (χ4v) is 4.11. The Morgan fingerprint density at radius 3 is 1.26 bits per heavy atom. The first-order valence-corrected chi connectivity index (χ1v) is 16.9. The van der Waals surface area contributed by atoms with Crippen molar-refractivity contribution in [1.82, 2.24) is 10.6 Å². The molecule has 0 aliphatic heterocycles. The normalized spacial score (nSPS) is 10.2. The van der Waals surface area contributed by atoms with Crippen molar-refractivity contribution in [2.45, 2.75) is 136 Å². The van der Waals surface area contributed by atoms with Crippen molar-refractivity contribution in [3.8, 4) is 0 Å². The van der Waals surface area contributed by atoms with Crippen molar-refractivity contribution < 1.29 is 33.7 Å². The van der Waals surface area contributed by atoms with Crippen LogP contribution in [-0.2, 0) is 28.6 Å². The Morgan fingerprint density at radius 2 is 0.881 bits per heavy atom. The van der Waals surface area contributed by atoms with E-state index in [2.05, 4.69) is 10.6 Å². The highest BCUT2D eigenvalue weighted by atomic mass is 16.5. The Labute approximate surface area is 258 Å². The Kier molecular flexibility index (Phi) is 46.9. The highest BCUT2D eigenvalue weighted by molar-refractivity contribution is 5.76. The van der Waals surface area contributed by atoms with Crippen LogP contribution in [0.1, 0.15) is 136 Å². The lowest BCUT2D eigenvalue weighted by atomic mass is 10.0. The van der Waals surface area contributed by atoms with Gasteiger partial charge in [0.15, 0.2) is 0 Å². The topological polar surface area (TPSA) is 123 Å². The second-order valence-electron chi connectivity index (χ2n) is 9.94. The molecule has 0 atom stereocenters. The molecule has 0 spiro atoms. The van der Waals surface area contributed by atoms with Gasteiger partial charge in [-0.1, -0.05) is 97.8 Å². The minimum absolute atomic E-state index is 0.0652. The summed E-state index contributed by atoms with van der Waals surface area (Å²) in [4.78, 5) is 33.4. The van der Waals surface area contributed by atoms with Crippen LogP contribution in [0.25, 0.3) is 0 Å². The van der Waals surface area contributed by atoms with Crippen molar-refractivity contribution in [3.63, 3.8) is 0 Å². The van der Waals surface area contributed by atoms with Gasteiger partial charge in [-0.3, -0.25) is 9.59 Å². The second-order valence-corrected chi connectivity index (χ2v) is 9.94. The summed E-state index contributed by atoms with van der Waals surface area (Å²) in [5.74, 6) is 0.173. The van der Waals surface area contributed by atoms with Crippen LogP contribution >= 0.6 is 0 Å². The number of ether oxygens (including phenoxy) is 3. The number of unbranched alkanes of at least 4 members (excludes halogenated alkanes) is 14. The first-order chi connectivity index (χ1) is 20.7. The molecule has 2 amide bonds. The predicted octanol–water partition coefficient (Wildman–Crippen LogP) is 6.14. The SMILES string of the molecule is CC.CCCC(=O)NCCOCCOCCOCCNC(=O)CCCCCCCCCCCCCCCCC=O.CO. The molecule has 0 aromatic heterocycles. The first-order valence-electron chi connectivity index (χ1n) is 16.9. The Morgan fingerprint density at radius 1 is 0.548 bits per heavy atom. The molecule has 252 valence electrons. The number of amides is 2. The third-order valence-corrected chi connectivity index (χ3v) is 6.33. The molecule has 0 saturated carbocycles. The summed E-state index contributed by atoms with van der Waals surface area (Å²) in [7, 11) is 1.00. The fourth-order valence-electron chi connectivity index (χ4n) is 4.11. The van der Waals surface area contributed by atoms with E-state index in [9.17, 15) is 14.4 Å². The molecule has 9 nitrogen and oxygen atoms in total. The van der Waals surface area contributed by atoms with Gasteiger partial charge in [0.05, 0.1) is 39.6 Å². The fraction of sp³-hybridized carbons (Fsp3) is 0.909. The van der Waals surface area contributed by atoms with E-state index < -0.39 is 0 Å². The maximum absolute atomic E-state index is 11.9. The molecule has 0 heterocycles. The number of carbonyl (C=O) groups is 3. The number of hydrogen-bond acceptors (Lipinski definition) is 7. The van der Waals surface area contributed by atoms with Gasteiger partial charge in [0.1, 0.15) is 6.29 Å². The van der Waals surface area contributed by atoms with Crippen LogP contribution in [0.2, 0.25) is 0 Å². The molecular formula is C33H68N2O7. The monoisotopic (exact) mass is 605 g/mol. The van der Waals surface area contributed by atoms with Crippen molar-refractivity contribution in [1.29, 1.82) is 0 Å². The van der Waals surface area contributed by atoms with E-state index in [1.165, 1.54) is 70.6 Å². The van der Waals surface area contributed by atoms with Crippen molar-refractivity contribution >= 4 is 18.1 Å². The molecule has 0 saturated heterocycles. The van der Waals surface area contributed by atoms with Gasteiger partial charge in [-0.15, -0.1) is 0 Å². The van der Waals surface area contributed by atoms with E-state index in [4.69, 9.17) is 19.3 Å². The first kappa shape index (κ1) is 44.9. The number of nitrogens with one attached hydrogen (secondary N) is 2.